The fourth-order valence-corrected chi connectivity index (χ4v) is 3.72. The van der Waals surface area contributed by atoms with Crippen molar-refractivity contribution in [1.82, 2.24) is 0 Å². The van der Waals surface area contributed by atoms with E-state index in [9.17, 15) is 18.0 Å². The molecule has 1 N–H and O–H groups in total. The topological polar surface area (TPSA) is 102 Å². The molecule has 2 rings (SSSR count). The molecule has 0 fully saturated rings. The Kier molecular flexibility index (Phi) is 7.69. The number of esters is 1. The number of amides is 1. The summed E-state index contributed by atoms with van der Waals surface area (Å²) in [6.45, 7) is 3.15. The second-order valence-corrected chi connectivity index (χ2v) is 8.72. The zero-order chi connectivity index (χ0) is 22.5. The van der Waals surface area contributed by atoms with Crippen molar-refractivity contribution in [2.75, 3.05) is 36.1 Å². The number of aryl methyl sites for hydroxylation is 1. The van der Waals surface area contributed by atoms with Gasteiger partial charge >= 0.3 is 5.97 Å². The van der Waals surface area contributed by atoms with Gasteiger partial charge in [-0.15, -0.1) is 0 Å². The number of halogens is 1. The van der Waals surface area contributed by atoms with E-state index in [-0.39, 0.29) is 28.6 Å². The number of hydrogen-bond donors (Lipinski definition) is 1. The maximum atomic E-state index is 12.6. The van der Waals surface area contributed by atoms with E-state index in [4.69, 9.17) is 21.1 Å². The van der Waals surface area contributed by atoms with E-state index in [1.54, 1.807) is 32.0 Å². The first kappa shape index (κ1) is 23.5. The minimum Gasteiger partial charge on any atom is -0.495 e. The van der Waals surface area contributed by atoms with E-state index in [0.717, 1.165) is 16.1 Å². The summed E-state index contributed by atoms with van der Waals surface area (Å²) in [5.41, 5.74) is 1.42. The largest absolute Gasteiger partial charge is 0.495 e. The van der Waals surface area contributed by atoms with Gasteiger partial charge in [0.2, 0.25) is 15.9 Å². The molecule has 1 amide bonds. The molecular weight excluding hydrogens is 432 g/mol. The SMILES string of the molecule is CCOC(=O)c1cc(NC(=O)CN(c2cc(C)ccc2OC)S(C)(=O)=O)ccc1Cl. The molecule has 8 nitrogen and oxygen atoms in total. The lowest BCUT2D eigenvalue weighted by Crippen LogP contribution is -2.37. The van der Waals surface area contributed by atoms with Gasteiger partial charge in [0.15, 0.2) is 0 Å². The first-order valence-electron chi connectivity index (χ1n) is 8.95. The molecule has 0 spiro atoms. The smallest absolute Gasteiger partial charge is 0.339 e. The van der Waals surface area contributed by atoms with Crippen LogP contribution < -0.4 is 14.4 Å². The van der Waals surface area contributed by atoms with E-state index in [1.807, 2.05) is 0 Å². The molecule has 0 aliphatic heterocycles. The number of methoxy groups -OCH3 is 1. The Hall–Kier alpha value is -2.78. The van der Waals surface area contributed by atoms with Gasteiger partial charge in [0.25, 0.3) is 0 Å². The number of carbonyl (C=O) groups is 2. The highest BCUT2D eigenvalue weighted by Crippen LogP contribution is 2.31. The maximum absolute atomic E-state index is 12.6. The predicted octanol–water partition coefficient (Wildman–Crippen LogP) is 3.24. The second-order valence-electron chi connectivity index (χ2n) is 6.41. The number of sulfonamides is 1. The Morgan fingerprint density at radius 1 is 1.17 bits per heavy atom. The third-order valence-corrected chi connectivity index (χ3v) is 5.49. The molecule has 10 heteroatoms. The molecule has 0 atom stereocenters. The number of hydrogen-bond acceptors (Lipinski definition) is 6. The normalized spacial score (nSPS) is 11.0. The molecule has 30 heavy (non-hydrogen) atoms. The van der Waals surface area contributed by atoms with Crippen LogP contribution in [-0.2, 0) is 19.6 Å². The van der Waals surface area contributed by atoms with Crippen LogP contribution in [0.5, 0.6) is 5.75 Å². The highest BCUT2D eigenvalue weighted by atomic mass is 35.5. The third-order valence-electron chi connectivity index (χ3n) is 4.04. The molecule has 0 radical (unpaired) electrons. The molecule has 0 aliphatic rings. The highest BCUT2D eigenvalue weighted by Gasteiger charge is 2.24. The van der Waals surface area contributed by atoms with Gasteiger partial charge in [0, 0.05) is 5.69 Å². The van der Waals surface area contributed by atoms with Crippen molar-refractivity contribution in [2.24, 2.45) is 0 Å². The molecule has 0 heterocycles. The summed E-state index contributed by atoms with van der Waals surface area (Å²) in [7, 11) is -2.38. The first-order chi connectivity index (χ1) is 14.1. The van der Waals surface area contributed by atoms with E-state index in [1.165, 1.54) is 25.3 Å². The number of nitrogens with zero attached hydrogens (tertiary/aromatic N) is 1. The molecule has 0 saturated carbocycles. The van der Waals surface area contributed by atoms with Crippen molar-refractivity contribution in [3.05, 3.63) is 52.5 Å². The van der Waals surface area contributed by atoms with Gasteiger partial charge in [-0.3, -0.25) is 9.10 Å². The number of nitrogens with one attached hydrogen (secondary N) is 1. The molecule has 0 unspecified atom stereocenters. The van der Waals surface area contributed by atoms with Crippen LogP contribution in [-0.4, -0.2) is 46.8 Å². The summed E-state index contributed by atoms with van der Waals surface area (Å²) in [6, 6.07) is 9.34. The van der Waals surface area contributed by atoms with Crippen LogP contribution in [0.15, 0.2) is 36.4 Å². The summed E-state index contributed by atoms with van der Waals surface area (Å²) < 4.78 is 35.9. The van der Waals surface area contributed by atoms with E-state index >= 15 is 0 Å². The van der Waals surface area contributed by atoms with Gasteiger partial charge < -0.3 is 14.8 Å². The number of benzene rings is 2. The summed E-state index contributed by atoms with van der Waals surface area (Å²) in [5.74, 6) is -0.920. The summed E-state index contributed by atoms with van der Waals surface area (Å²) in [4.78, 5) is 24.6. The van der Waals surface area contributed by atoms with Crippen LogP contribution in [0.3, 0.4) is 0 Å². The summed E-state index contributed by atoms with van der Waals surface area (Å²) in [6.07, 6.45) is 1.00. The van der Waals surface area contributed by atoms with Crippen LogP contribution in [0.1, 0.15) is 22.8 Å². The standard InChI is InChI=1S/C20H23ClN2O6S/c1-5-29-20(25)15-11-14(7-8-16(15)21)22-19(24)12-23(30(4,26)27)17-10-13(2)6-9-18(17)28-3/h6-11H,5,12H2,1-4H3,(H,22,24). The Labute approximate surface area is 180 Å². The maximum Gasteiger partial charge on any atom is 0.339 e. The minimum absolute atomic E-state index is 0.0941. The molecule has 0 aliphatic carbocycles. The average Bonchev–Trinajstić information content (AvgIpc) is 2.67. The molecule has 2 aromatic rings. The van der Waals surface area contributed by atoms with Crippen molar-refractivity contribution in [1.29, 1.82) is 0 Å². The Morgan fingerprint density at radius 2 is 1.87 bits per heavy atom. The minimum atomic E-state index is -3.79. The van der Waals surface area contributed by atoms with Gasteiger partial charge in [-0.1, -0.05) is 17.7 Å². The van der Waals surface area contributed by atoms with Crippen molar-refractivity contribution in [3.8, 4) is 5.75 Å². The van der Waals surface area contributed by atoms with E-state index < -0.39 is 28.4 Å². The van der Waals surface area contributed by atoms with Crippen molar-refractivity contribution in [2.45, 2.75) is 13.8 Å². The third kappa shape index (κ3) is 5.87. The monoisotopic (exact) mass is 454 g/mol. The lowest BCUT2D eigenvalue weighted by Gasteiger charge is -2.24. The second kappa shape index (κ2) is 9.82. The van der Waals surface area contributed by atoms with Gasteiger partial charge in [0.1, 0.15) is 12.3 Å². The average molecular weight is 455 g/mol. The highest BCUT2D eigenvalue weighted by molar-refractivity contribution is 7.92. The van der Waals surface area contributed by atoms with Gasteiger partial charge in [-0.25, -0.2) is 13.2 Å². The first-order valence-corrected chi connectivity index (χ1v) is 11.2. The van der Waals surface area contributed by atoms with Crippen LogP contribution >= 0.6 is 11.6 Å². The van der Waals surface area contributed by atoms with Gasteiger partial charge in [0.05, 0.1) is 36.2 Å². The predicted molar refractivity (Wildman–Crippen MR) is 116 cm³/mol. The van der Waals surface area contributed by atoms with Crippen molar-refractivity contribution < 1.29 is 27.5 Å². The summed E-state index contributed by atoms with van der Waals surface area (Å²) in [5, 5.41) is 2.75. The number of carbonyl (C=O) groups excluding carboxylic acids is 2. The zero-order valence-corrected chi connectivity index (χ0v) is 18.6. The fraction of sp³-hybridized carbons (Fsp3) is 0.300. The Balaban J connectivity index is 2.30. The summed E-state index contributed by atoms with van der Waals surface area (Å²) >= 11 is 6.02. The van der Waals surface area contributed by atoms with E-state index in [0.29, 0.717) is 5.75 Å². The Morgan fingerprint density at radius 3 is 2.47 bits per heavy atom. The van der Waals surface area contributed by atoms with Crippen LogP contribution in [0.25, 0.3) is 0 Å². The number of ether oxygens (including phenoxy) is 2. The van der Waals surface area contributed by atoms with Crippen LogP contribution in [0.4, 0.5) is 11.4 Å². The van der Waals surface area contributed by atoms with Crippen LogP contribution in [0.2, 0.25) is 5.02 Å². The lowest BCUT2D eigenvalue weighted by molar-refractivity contribution is -0.114. The Bertz CT molecular complexity index is 1060. The molecule has 0 aromatic heterocycles. The molecular formula is C20H23ClN2O6S. The molecule has 0 bridgehead atoms. The quantitative estimate of drug-likeness (QED) is 0.614. The zero-order valence-electron chi connectivity index (χ0n) is 17.1. The lowest BCUT2D eigenvalue weighted by atomic mass is 10.2. The van der Waals surface area contributed by atoms with Crippen molar-refractivity contribution >= 4 is 44.9 Å². The molecule has 0 saturated heterocycles. The van der Waals surface area contributed by atoms with Crippen LogP contribution in [0, 0.1) is 6.92 Å². The fourth-order valence-electron chi connectivity index (χ4n) is 2.68. The number of anilines is 2. The number of rotatable bonds is 8. The van der Waals surface area contributed by atoms with Gasteiger partial charge in [-0.05, 0) is 49.7 Å². The molecule has 2 aromatic carbocycles. The van der Waals surface area contributed by atoms with Crippen molar-refractivity contribution in [3.63, 3.8) is 0 Å². The van der Waals surface area contributed by atoms with E-state index in [2.05, 4.69) is 5.32 Å². The van der Waals surface area contributed by atoms with Gasteiger partial charge in [-0.2, -0.15) is 0 Å². The molecule has 162 valence electrons.